The van der Waals surface area contributed by atoms with Crippen LogP contribution in [0.25, 0.3) is 0 Å². The molecule has 0 bridgehead atoms. The van der Waals surface area contributed by atoms with Crippen LogP contribution in [0.3, 0.4) is 0 Å². The quantitative estimate of drug-likeness (QED) is 0.438. The summed E-state index contributed by atoms with van der Waals surface area (Å²) in [5.74, 6) is 0. The summed E-state index contributed by atoms with van der Waals surface area (Å²) in [4.78, 5) is 0. The van der Waals surface area contributed by atoms with Crippen LogP contribution in [0.15, 0.2) is 12.7 Å². The van der Waals surface area contributed by atoms with Gasteiger partial charge in [0.05, 0.1) is 6.10 Å². The van der Waals surface area contributed by atoms with E-state index in [1.54, 1.807) is 6.08 Å². The van der Waals surface area contributed by atoms with Crippen molar-refractivity contribution in [2.45, 2.75) is 58.0 Å². The molecular formula is C11H22O. The van der Waals surface area contributed by atoms with Crippen LogP contribution in [0.5, 0.6) is 0 Å². The van der Waals surface area contributed by atoms with E-state index in [1.807, 2.05) is 0 Å². The van der Waals surface area contributed by atoms with Gasteiger partial charge >= 0.3 is 0 Å². The molecule has 1 N–H and O–H groups in total. The summed E-state index contributed by atoms with van der Waals surface area (Å²) in [6.45, 7) is 5.81. The molecule has 0 rings (SSSR count). The second-order valence-electron chi connectivity index (χ2n) is 3.38. The normalized spacial score (nSPS) is 12.8. The largest absolute Gasteiger partial charge is 0.393 e. The number of unbranched alkanes of at least 4 members (excludes halogenated alkanes) is 4. The van der Waals surface area contributed by atoms with Gasteiger partial charge in [-0.15, -0.1) is 6.58 Å². The Morgan fingerprint density at radius 2 is 1.92 bits per heavy atom. The lowest BCUT2D eigenvalue weighted by molar-refractivity contribution is 0.164. The van der Waals surface area contributed by atoms with Gasteiger partial charge < -0.3 is 5.11 Å². The number of rotatable bonds is 8. The molecule has 0 aliphatic heterocycles. The van der Waals surface area contributed by atoms with E-state index < -0.39 is 0 Å². The Morgan fingerprint density at radius 3 is 2.50 bits per heavy atom. The van der Waals surface area contributed by atoms with E-state index >= 15 is 0 Å². The first kappa shape index (κ1) is 11.7. The SMILES string of the molecule is C=CCC(O)CCCCCCC. The molecule has 0 amide bonds. The summed E-state index contributed by atoms with van der Waals surface area (Å²) >= 11 is 0. The fourth-order valence-electron chi connectivity index (χ4n) is 1.29. The predicted octanol–water partition coefficient (Wildman–Crippen LogP) is 3.28. The fourth-order valence-corrected chi connectivity index (χ4v) is 1.29. The summed E-state index contributed by atoms with van der Waals surface area (Å²) in [5, 5.41) is 9.33. The molecule has 0 saturated heterocycles. The Morgan fingerprint density at radius 1 is 1.25 bits per heavy atom. The highest BCUT2D eigenvalue weighted by molar-refractivity contribution is 4.71. The zero-order valence-corrected chi connectivity index (χ0v) is 8.26. The van der Waals surface area contributed by atoms with Gasteiger partial charge in [0.25, 0.3) is 0 Å². The second kappa shape index (κ2) is 8.79. The van der Waals surface area contributed by atoms with Gasteiger partial charge in [0.2, 0.25) is 0 Å². The van der Waals surface area contributed by atoms with Crippen LogP contribution in [0.2, 0.25) is 0 Å². The Bertz CT molecular complexity index is 99.2. The standard InChI is InChI=1S/C11H22O/c1-3-5-6-7-8-10-11(12)9-4-2/h4,11-12H,2-3,5-10H2,1H3. The molecule has 0 aromatic heterocycles. The molecule has 1 nitrogen and oxygen atoms in total. The van der Waals surface area contributed by atoms with Gasteiger partial charge in [0.1, 0.15) is 0 Å². The summed E-state index contributed by atoms with van der Waals surface area (Å²) < 4.78 is 0. The van der Waals surface area contributed by atoms with Crippen LogP contribution in [-0.2, 0) is 0 Å². The molecule has 0 radical (unpaired) electrons. The Balaban J connectivity index is 3.02. The second-order valence-corrected chi connectivity index (χ2v) is 3.38. The molecule has 0 heterocycles. The van der Waals surface area contributed by atoms with Crippen LogP contribution in [-0.4, -0.2) is 11.2 Å². The zero-order chi connectivity index (χ0) is 9.23. The highest BCUT2D eigenvalue weighted by Crippen LogP contribution is 2.08. The van der Waals surface area contributed by atoms with Gasteiger partial charge in [-0.3, -0.25) is 0 Å². The van der Waals surface area contributed by atoms with E-state index in [2.05, 4.69) is 13.5 Å². The first-order chi connectivity index (χ1) is 5.81. The van der Waals surface area contributed by atoms with Gasteiger partial charge in [-0.2, -0.15) is 0 Å². The molecular weight excluding hydrogens is 148 g/mol. The molecule has 0 aromatic carbocycles. The van der Waals surface area contributed by atoms with Crippen LogP contribution in [0, 0.1) is 0 Å². The molecule has 12 heavy (non-hydrogen) atoms. The van der Waals surface area contributed by atoms with Crippen molar-refractivity contribution in [3.63, 3.8) is 0 Å². The summed E-state index contributed by atoms with van der Waals surface area (Å²) in [7, 11) is 0. The van der Waals surface area contributed by atoms with Gasteiger partial charge in [-0.05, 0) is 12.8 Å². The Kier molecular flexibility index (Phi) is 8.57. The van der Waals surface area contributed by atoms with Crippen molar-refractivity contribution in [3.8, 4) is 0 Å². The lowest BCUT2D eigenvalue weighted by atomic mass is 10.1. The molecule has 0 aliphatic carbocycles. The van der Waals surface area contributed by atoms with E-state index in [9.17, 15) is 5.11 Å². The zero-order valence-electron chi connectivity index (χ0n) is 8.26. The minimum atomic E-state index is -0.149. The third-order valence-electron chi connectivity index (χ3n) is 2.08. The third kappa shape index (κ3) is 7.80. The molecule has 0 aromatic rings. The van der Waals surface area contributed by atoms with Crippen molar-refractivity contribution < 1.29 is 5.11 Å². The van der Waals surface area contributed by atoms with Gasteiger partial charge in [-0.25, -0.2) is 0 Å². The van der Waals surface area contributed by atoms with Crippen LogP contribution < -0.4 is 0 Å². The molecule has 72 valence electrons. The van der Waals surface area contributed by atoms with Crippen molar-refractivity contribution in [1.82, 2.24) is 0 Å². The Hall–Kier alpha value is -0.300. The van der Waals surface area contributed by atoms with Crippen molar-refractivity contribution >= 4 is 0 Å². The lowest BCUT2D eigenvalue weighted by Gasteiger charge is -2.06. The van der Waals surface area contributed by atoms with E-state index in [1.165, 1.54) is 25.7 Å². The highest BCUT2D eigenvalue weighted by atomic mass is 16.3. The Labute approximate surface area is 76.5 Å². The van der Waals surface area contributed by atoms with E-state index in [0.29, 0.717) is 0 Å². The monoisotopic (exact) mass is 170 g/mol. The first-order valence-electron chi connectivity index (χ1n) is 5.10. The average molecular weight is 170 g/mol. The van der Waals surface area contributed by atoms with Gasteiger partial charge in [-0.1, -0.05) is 45.1 Å². The van der Waals surface area contributed by atoms with Gasteiger partial charge in [0.15, 0.2) is 0 Å². The smallest absolute Gasteiger partial charge is 0.0574 e. The maximum Gasteiger partial charge on any atom is 0.0574 e. The minimum Gasteiger partial charge on any atom is -0.393 e. The van der Waals surface area contributed by atoms with Crippen molar-refractivity contribution in [1.29, 1.82) is 0 Å². The van der Waals surface area contributed by atoms with E-state index in [0.717, 1.165) is 19.3 Å². The topological polar surface area (TPSA) is 20.2 Å². The lowest BCUT2D eigenvalue weighted by Crippen LogP contribution is -2.03. The maximum atomic E-state index is 9.33. The number of hydrogen-bond acceptors (Lipinski definition) is 1. The first-order valence-corrected chi connectivity index (χ1v) is 5.10. The fraction of sp³-hybridized carbons (Fsp3) is 0.818. The summed E-state index contributed by atoms with van der Waals surface area (Å²) in [6.07, 6.45) is 9.69. The van der Waals surface area contributed by atoms with Crippen molar-refractivity contribution in [2.75, 3.05) is 0 Å². The van der Waals surface area contributed by atoms with Crippen molar-refractivity contribution in [3.05, 3.63) is 12.7 Å². The molecule has 0 fully saturated rings. The third-order valence-corrected chi connectivity index (χ3v) is 2.08. The molecule has 1 unspecified atom stereocenters. The van der Waals surface area contributed by atoms with Crippen LogP contribution in [0.4, 0.5) is 0 Å². The molecule has 1 atom stereocenters. The summed E-state index contributed by atoms with van der Waals surface area (Å²) in [5.41, 5.74) is 0. The average Bonchev–Trinajstić information content (AvgIpc) is 2.05. The highest BCUT2D eigenvalue weighted by Gasteiger charge is 1.99. The van der Waals surface area contributed by atoms with Crippen LogP contribution in [0.1, 0.15) is 51.9 Å². The number of hydrogen-bond donors (Lipinski definition) is 1. The predicted molar refractivity (Wildman–Crippen MR) is 54.2 cm³/mol. The molecule has 0 saturated carbocycles. The summed E-state index contributed by atoms with van der Waals surface area (Å²) in [6, 6.07) is 0. The number of aliphatic hydroxyl groups excluding tert-OH is 1. The van der Waals surface area contributed by atoms with Crippen LogP contribution >= 0.6 is 0 Å². The maximum absolute atomic E-state index is 9.33. The van der Waals surface area contributed by atoms with E-state index in [4.69, 9.17) is 0 Å². The van der Waals surface area contributed by atoms with E-state index in [-0.39, 0.29) is 6.10 Å². The number of aliphatic hydroxyl groups is 1. The molecule has 1 heteroatoms. The molecule has 0 spiro atoms. The van der Waals surface area contributed by atoms with Crippen molar-refractivity contribution in [2.24, 2.45) is 0 Å². The molecule has 0 aliphatic rings. The van der Waals surface area contributed by atoms with Gasteiger partial charge in [0, 0.05) is 0 Å². The minimum absolute atomic E-state index is 0.149.